The smallest absolute Gasteiger partial charge is 0.227 e. The molecule has 0 fully saturated rings. The van der Waals surface area contributed by atoms with Crippen molar-refractivity contribution in [2.24, 2.45) is 5.73 Å². The van der Waals surface area contributed by atoms with Crippen LogP contribution in [0.1, 0.15) is 18.6 Å². The number of hydrogen-bond acceptors (Lipinski definition) is 5. The second-order valence-electron chi connectivity index (χ2n) is 4.50. The molecule has 21 heavy (non-hydrogen) atoms. The van der Waals surface area contributed by atoms with Crippen molar-refractivity contribution in [3.05, 3.63) is 58.6 Å². The average Bonchev–Trinajstić information content (AvgIpc) is 2.53. The lowest BCUT2D eigenvalue weighted by atomic mass is 10.3. The van der Waals surface area contributed by atoms with Crippen LogP contribution in [0.5, 0.6) is 11.5 Å². The first-order valence-corrected chi connectivity index (χ1v) is 6.92. The molecule has 1 heterocycles. The van der Waals surface area contributed by atoms with Crippen LogP contribution in [0.2, 0.25) is 0 Å². The summed E-state index contributed by atoms with van der Waals surface area (Å²) in [5, 5.41) is 0. The van der Waals surface area contributed by atoms with Crippen LogP contribution in [0.4, 0.5) is 0 Å². The number of ether oxygens (including phenoxy) is 2. The van der Waals surface area contributed by atoms with Crippen LogP contribution in [-0.4, -0.2) is 13.2 Å². The number of hydrogen-bond donors (Lipinski definition) is 1. The summed E-state index contributed by atoms with van der Waals surface area (Å²) in [7, 11) is 0. The maximum Gasteiger partial charge on any atom is 0.227 e. The van der Waals surface area contributed by atoms with Gasteiger partial charge >= 0.3 is 0 Å². The molecule has 0 radical (unpaired) electrons. The summed E-state index contributed by atoms with van der Waals surface area (Å²) in [4.78, 5) is 11.6. The molecule has 0 aliphatic heterocycles. The van der Waals surface area contributed by atoms with E-state index in [1.807, 2.05) is 30.3 Å². The topological polar surface area (TPSA) is 74.7 Å². The Balaban J connectivity index is 1.65. The molecule has 2 N–H and O–H groups in total. The third kappa shape index (κ3) is 4.96. The van der Waals surface area contributed by atoms with Gasteiger partial charge in [0.1, 0.15) is 17.8 Å². The molecule has 0 aliphatic carbocycles. The summed E-state index contributed by atoms with van der Waals surface area (Å²) >= 11 is 0. The van der Waals surface area contributed by atoms with Gasteiger partial charge in [-0.15, -0.1) is 0 Å². The lowest BCUT2D eigenvalue weighted by molar-refractivity contribution is 0.260. The Hall–Kier alpha value is -2.27. The van der Waals surface area contributed by atoms with E-state index >= 15 is 0 Å². The van der Waals surface area contributed by atoms with Crippen molar-refractivity contribution in [1.29, 1.82) is 0 Å². The van der Waals surface area contributed by atoms with Crippen molar-refractivity contribution in [1.82, 2.24) is 0 Å². The van der Waals surface area contributed by atoms with Gasteiger partial charge in [0.25, 0.3) is 0 Å². The van der Waals surface area contributed by atoms with E-state index in [0.717, 1.165) is 18.6 Å². The van der Waals surface area contributed by atoms with Gasteiger partial charge in [0.05, 0.1) is 19.8 Å². The van der Waals surface area contributed by atoms with E-state index in [4.69, 9.17) is 19.6 Å². The largest absolute Gasteiger partial charge is 0.494 e. The van der Waals surface area contributed by atoms with Gasteiger partial charge in [-0.05, 0) is 25.0 Å². The molecule has 0 unspecified atom stereocenters. The first kappa shape index (κ1) is 15.1. The second-order valence-corrected chi connectivity index (χ2v) is 4.50. The molecule has 0 amide bonds. The first-order valence-electron chi connectivity index (χ1n) is 6.92. The average molecular weight is 289 g/mol. The summed E-state index contributed by atoms with van der Waals surface area (Å²) in [5.41, 5.74) is 5.18. The highest BCUT2D eigenvalue weighted by Crippen LogP contribution is 2.09. The van der Waals surface area contributed by atoms with E-state index in [1.165, 1.54) is 12.3 Å². The summed E-state index contributed by atoms with van der Waals surface area (Å²) in [6.45, 7) is 1.27. The van der Waals surface area contributed by atoms with Crippen molar-refractivity contribution in [3.8, 4) is 11.5 Å². The monoisotopic (exact) mass is 289 g/mol. The number of para-hydroxylation sites is 1. The van der Waals surface area contributed by atoms with Crippen molar-refractivity contribution in [2.45, 2.75) is 19.4 Å². The minimum Gasteiger partial charge on any atom is -0.494 e. The van der Waals surface area contributed by atoms with Gasteiger partial charge in [0, 0.05) is 6.07 Å². The van der Waals surface area contributed by atoms with Crippen molar-refractivity contribution >= 4 is 0 Å². The molecule has 112 valence electrons. The van der Waals surface area contributed by atoms with E-state index < -0.39 is 0 Å². The molecule has 0 atom stereocenters. The van der Waals surface area contributed by atoms with Crippen LogP contribution in [0.15, 0.2) is 51.9 Å². The molecule has 0 saturated heterocycles. The number of rotatable bonds is 8. The molecule has 1 aromatic heterocycles. The maximum atomic E-state index is 11.6. The predicted molar refractivity (Wildman–Crippen MR) is 79.5 cm³/mol. The van der Waals surface area contributed by atoms with Crippen LogP contribution in [0.3, 0.4) is 0 Å². The molecule has 2 rings (SSSR count). The number of benzene rings is 1. The Morgan fingerprint density at radius 3 is 2.43 bits per heavy atom. The molecule has 0 bridgehead atoms. The van der Waals surface area contributed by atoms with Crippen LogP contribution in [0, 0.1) is 0 Å². The van der Waals surface area contributed by atoms with Crippen molar-refractivity contribution in [3.63, 3.8) is 0 Å². The van der Waals surface area contributed by atoms with Crippen LogP contribution in [-0.2, 0) is 6.54 Å². The SMILES string of the molecule is NCc1cc(=O)c(OCCCCOc2ccccc2)co1. The molecule has 0 saturated carbocycles. The van der Waals surface area contributed by atoms with E-state index in [2.05, 4.69) is 0 Å². The Morgan fingerprint density at radius 2 is 1.76 bits per heavy atom. The maximum absolute atomic E-state index is 11.6. The second kappa shape index (κ2) is 8.11. The highest BCUT2D eigenvalue weighted by molar-refractivity contribution is 5.20. The molecule has 0 aliphatic rings. The van der Waals surface area contributed by atoms with Gasteiger partial charge in [0.15, 0.2) is 0 Å². The zero-order valence-electron chi connectivity index (χ0n) is 11.8. The van der Waals surface area contributed by atoms with E-state index in [0.29, 0.717) is 19.0 Å². The van der Waals surface area contributed by atoms with Gasteiger partial charge < -0.3 is 19.6 Å². The van der Waals surface area contributed by atoms with Gasteiger partial charge in [-0.1, -0.05) is 18.2 Å². The summed E-state index contributed by atoms with van der Waals surface area (Å²) < 4.78 is 16.1. The summed E-state index contributed by atoms with van der Waals surface area (Å²) in [5.74, 6) is 1.52. The van der Waals surface area contributed by atoms with Gasteiger partial charge in [0.2, 0.25) is 11.2 Å². The normalized spacial score (nSPS) is 10.3. The third-order valence-electron chi connectivity index (χ3n) is 2.86. The van der Waals surface area contributed by atoms with E-state index in [1.54, 1.807) is 0 Å². The Kier molecular flexibility index (Phi) is 5.84. The van der Waals surface area contributed by atoms with Crippen LogP contribution >= 0.6 is 0 Å². The van der Waals surface area contributed by atoms with E-state index in [-0.39, 0.29) is 17.7 Å². The van der Waals surface area contributed by atoms with Crippen molar-refractivity contribution < 1.29 is 13.9 Å². The summed E-state index contributed by atoms with van der Waals surface area (Å²) in [6, 6.07) is 11.0. The fourth-order valence-electron chi connectivity index (χ4n) is 1.74. The molecular formula is C16H19NO4. The molecule has 2 aromatic rings. The number of unbranched alkanes of at least 4 members (excludes halogenated alkanes) is 1. The minimum atomic E-state index is -0.206. The highest BCUT2D eigenvalue weighted by Gasteiger charge is 2.03. The van der Waals surface area contributed by atoms with Crippen molar-refractivity contribution in [2.75, 3.05) is 13.2 Å². The van der Waals surface area contributed by atoms with Crippen LogP contribution in [0.25, 0.3) is 0 Å². The third-order valence-corrected chi connectivity index (χ3v) is 2.86. The quantitative estimate of drug-likeness (QED) is 0.755. The summed E-state index contributed by atoms with van der Waals surface area (Å²) in [6.07, 6.45) is 2.96. The molecular weight excluding hydrogens is 270 g/mol. The van der Waals surface area contributed by atoms with E-state index in [9.17, 15) is 4.79 Å². The zero-order chi connectivity index (χ0) is 14.9. The molecule has 5 heteroatoms. The van der Waals surface area contributed by atoms with Gasteiger partial charge in [-0.2, -0.15) is 0 Å². The molecule has 1 aromatic carbocycles. The Bertz CT molecular complexity index is 595. The Morgan fingerprint density at radius 1 is 1.05 bits per heavy atom. The Labute approximate surface area is 123 Å². The van der Waals surface area contributed by atoms with Gasteiger partial charge in [-0.25, -0.2) is 0 Å². The fourth-order valence-corrected chi connectivity index (χ4v) is 1.74. The highest BCUT2D eigenvalue weighted by atomic mass is 16.5. The number of nitrogens with two attached hydrogens (primary N) is 1. The molecule has 0 spiro atoms. The van der Waals surface area contributed by atoms with Crippen LogP contribution < -0.4 is 20.6 Å². The molecule has 5 nitrogen and oxygen atoms in total. The lowest BCUT2D eigenvalue weighted by Crippen LogP contribution is -2.11. The fraction of sp³-hybridized carbons (Fsp3) is 0.312. The van der Waals surface area contributed by atoms with Gasteiger partial charge in [-0.3, -0.25) is 4.79 Å². The zero-order valence-corrected chi connectivity index (χ0v) is 11.8. The predicted octanol–water partition coefficient (Wildman–Crippen LogP) is 2.34. The minimum absolute atomic E-state index is 0.201. The standard InChI is InChI=1S/C16H19NO4/c17-11-14-10-15(18)16(12-21-14)20-9-5-4-8-19-13-6-2-1-3-7-13/h1-3,6-7,10,12H,4-5,8-9,11,17H2. The first-order chi connectivity index (χ1) is 10.3. The lowest BCUT2D eigenvalue weighted by Gasteiger charge is -2.07.